The smallest absolute Gasteiger partial charge is 0.303 e. The molecule has 0 spiro atoms. The maximum absolute atomic E-state index is 13.1. The second-order valence-electron chi connectivity index (χ2n) is 14.4. The second kappa shape index (κ2) is 17.6. The summed E-state index contributed by atoms with van der Waals surface area (Å²) in [6, 6.07) is 28.5. The largest absolute Gasteiger partial charge is 0.456 e. The van der Waals surface area contributed by atoms with E-state index in [2.05, 4.69) is 33.9 Å². The Hall–Kier alpha value is -3.87. The van der Waals surface area contributed by atoms with Gasteiger partial charge in [0, 0.05) is 20.8 Å². The van der Waals surface area contributed by atoms with E-state index in [9.17, 15) is 14.4 Å². The van der Waals surface area contributed by atoms with E-state index in [1.807, 2.05) is 91.0 Å². The third-order valence-corrected chi connectivity index (χ3v) is 13.9. The van der Waals surface area contributed by atoms with Crippen LogP contribution in [0, 0.1) is 0 Å². The standard InChI is InChI=1S/C40H52O10Si/c1-28(41)47-36-34(50-51(7,8)39(4,5)6)35(45-25-32-20-14-10-15-21-32)37(48-29(2)42)40(38(36)49-30(3)43,46-26-33-22-16-11-17-23-33)27-44-24-31-18-12-9-13-19-31/h9-23,34-38H,24-27H2,1-8H3/t34-,35-,36-,37+,38-,40-/m0/s1. The summed E-state index contributed by atoms with van der Waals surface area (Å²) in [7, 11) is -2.69. The summed E-state index contributed by atoms with van der Waals surface area (Å²) in [5, 5.41) is -0.289. The Kier molecular flexibility index (Phi) is 13.7. The normalized spacial score (nSPS) is 23.6. The molecule has 0 saturated heterocycles. The highest BCUT2D eigenvalue weighted by Crippen LogP contribution is 2.46. The molecule has 3 aromatic rings. The van der Waals surface area contributed by atoms with Gasteiger partial charge in [0.15, 0.2) is 32.2 Å². The Morgan fingerprint density at radius 3 is 1.49 bits per heavy atom. The Balaban J connectivity index is 1.96. The lowest BCUT2D eigenvalue weighted by Gasteiger charge is -2.56. The molecule has 3 aromatic carbocycles. The van der Waals surface area contributed by atoms with Crippen molar-refractivity contribution in [3.05, 3.63) is 108 Å². The van der Waals surface area contributed by atoms with Crippen molar-refractivity contribution in [2.45, 2.75) is 116 Å². The first kappa shape index (κ1) is 39.9. The molecule has 0 aromatic heterocycles. The van der Waals surface area contributed by atoms with Gasteiger partial charge in [-0.1, -0.05) is 112 Å². The number of hydrogen-bond donors (Lipinski definition) is 0. The van der Waals surface area contributed by atoms with Crippen LogP contribution in [-0.4, -0.2) is 69.0 Å². The molecule has 0 unspecified atom stereocenters. The fraction of sp³-hybridized carbons (Fsp3) is 0.475. The molecule has 0 heterocycles. The Morgan fingerprint density at radius 2 is 1.04 bits per heavy atom. The molecule has 276 valence electrons. The van der Waals surface area contributed by atoms with Gasteiger partial charge in [0.25, 0.3) is 0 Å². The van der Waals surface area contributed by atoms with E-state index in [1.54, 1.807) is 0 Å². The lowest BCUT2D eigenvalue weighted by molar-refractivity contribution is -0.311. The number of carbonyl (C=O) groups excluding carboxylic acids is 3. The van der Waals surface area contributed by atoms with Crippen LogP contribution >= 0.6 is 0 Å². The van der Waals surface area contributed by atoms with Crippen LogP contribution < -0.4 is 0 Å². The summed E-state index contributed by atoms with van der Waals surface area (Å²) in [5.41, 5.74) is 0.782. The SMILES string of the molecule is CC(=O)O[C@H]1[C@@H](O[Si](C)(C)C(C)(C)C)[C@H](OCc2ccccc2)[C@@H](OC(C)=O)[C@](COCc2ccccc2)(OCc2ccccc2)[C@H]1OC(C)=O. The van der Waals surface area contributed by atoms with Gasteiger partial charge >= 0.3 is 17.9 Å². The predicted octanol–water partition coefficient (Wildman–Crippen LogP) is 6.94. The molecule has 4 rings (SSSR count). The van der Waals surface area contributed by atoms with Crippen molar-refractivity contribution in [3.8, 4) is 0 Å². The molecule has 0 N–H and O–H groups in total. The maximum atomic E-state index is 13.1. The van der Waals surface area contributed by atoms with Crippen LogP contribution in [-0.2, 0) is 67.1 Å². The molecule has 0 aliphatic heterocycles. The molecule has 1 aliphatic rings. The zero-order chi connectivity index (χ0) is 37.2. The minimum Gasteiger partial charge on any atom is -0.456 e. The van der Waals surface area contributed by atoms with Gasteiger partial charge in [0.05, 0.1) is 26.4 Å². The molecule has 11 heteroatoms. The molecule has 1 saturated carbocycles. The van der Waals surface area contributed by atoms with Crippen molar-refractivity contribution in [1.29, 1.82) is 0 Å². The lowest BCUT2D eigenvalue weighted by Crippen LogP contribution is -2.76. The van der Waals surface area contributed by atoms with Crippen molar-refractivity contribution in [3.63, 3.8) is 0 Å². The zero-order valence-electron chi connectivity index (χ0n) is 31.0. The summed E-state index contributed by atoms with van der Waals surface area (Å²) in [5.74, 6) is -1.91. The molecule has 6 atom stereocenters. The van der Waals surface area contributed by atoms with Gasteiger partial charge in [-0.2, -0.15) is 0 Å². The highest BCUT2D eigenvalue weighted by atomic mass is 28.4. The first-order valence-corrected chi connectivity index (χ1v) is 20.2. The number of esters is 3. The highest BCUT2D eigenvalue weighted by Gasteiger charge is 2.67. The average Bonchev–Trinajstić information content (AvgIpc) is 3.07. The van der Waals surface area contributed by atoms with Gasteiger partial charge in [-0.05, 0) is 34.8 Å². The predicted molar refractivity (Wildman–Crippen MR) is 194 cm³/mol. The molecule has 1 aliphatic carbocycles. The summed E-state index contributed by atoms with van der Waals surface area (Å²) in [4.78, 5) is 39.2. The van der Waals surface area contributed by atoms with E-state index < -0.39 is 62.3 Å². The summed E-state index contributed by atoms with van der Waals surface area (Å²) < 4.78 is 45.5. The Bertz CT molecular complexity index is 1560. The van der Waals surface area contributed by atoms with Gasteiger partial charge in [-0.25, -0.2) is 0 Å². The van der Waals surface area contributed by atoms with E-state index in [0.717, 1.165) is 16.7 Å². The molecule has 0 radical (unpaired) electrons. The first-order chi connectivity index (χ1) is 24.1. The van der Waals surface area contributed by atoms with E-state index in [4.69, 9.17) is 32.8 Å². The minimum atomic E-state index is -2.69. The minimum absolute atomic E-state index is 0.0109. The maximum Gasteiger partial charge on any atom is 0.303 e. The van der Waals surface area contributed by atoms with Crippen molar-refractivity contribution in [1.82, 2.24) is 0 Å². The fourth-order valence-corrected chi connectivity index (χ4v) is 7.23. The van der Waals surface area contributed by atoms with Crippen LogP contribution in [0.4, 0.5) is 0 Å². The van der Waals surface area contributed by atoms with Crippen LogP contribution in [0.25, 0.3) is 0 Å². The number of hydrogen-bond acceptors (Lipinski definition) is 10. The summed E-state index contributed by atoms with van der Waals surface area (Å²) >= 11 is 0. The van der Waals surface area contributed by atoms with E-state index >= 15 is 0 Å². The fourth-order valence-electron chi connectivity index (χ4n) is 5.93. The lowest BCUT2D eigenvalue weighted by atomic mass is 9.74. The van der Waals surface area contributed by atoms with E-state index in [0.29, 0.717) is 0 Å². The molecule has 1 fully saturated rings. The average molecular weight is 721 g/mol. The van der Waals surface area contributed by atoms with Gasteiger partial charge < -0.3 is 32.8 Å². The van der Waals surface area contributed by atoms with Gasteiger partial charge in [-0.3, -0.25) is 14.4 Å². The van der Waals surface area contributed by atoms with Crippen LogP contribution in [0.2, 0.25) is 18.1 Å². The van der Waals surface area contributed by atoms with Crippen LogP contribution in [0.1, 0.15) is 58.2 Å². The van der Waals surface area contributed by atoms with Crippen LogP contribution in [0.3, 0.4) is 0 Å². The van der Waals surface area contributed by atoms with E-state index in [-0.39, 0.29) is 31.5 Å². The number of rotatable bonds is 15. The third-order valence-electron chi connectivity index (χ3n) is 9.41. The second-order valence-corrected chi connectivity index (χ2v) is 19.2. The molecule has 10 nitrogen and oxygen atoms in total. The van der Waals surface area contributed by atoms with Crippen molar-refractivity contribution >= 4 is 26.2 Å². The van der Waals surface area contributed by atoms with Gasteiger partial charge in [0.2, 0.25) is 0 Å². The molecular formula is C40H52O10Si. The Morgan fingerprint density at radius 1 is 0.608 bits per heavy atom. The zero-order valence-corrected chi connectivity index (χ0v) is 32.0. The molecule has 51 heavy (non-hydrogen) atoms. The molecule has 0 amide bonds. The van der Waals surface area contributed by atoms with Crippen molar-refractivity contribution < 1.29 is 47.2 Å². The number of carbonyl (C=O) groups is 3. The highest BCUT2D eigenvalue weighted by molar-refractivity contribution is 6.74. The number of ether oxygens (including phenoxy) is 6. The van der Waals surface area contributed by atoms with Gasteiger partial charge in [0.1, 0.15) is 12.2 Å². The Labute approximate surface area is 302 Å². The first-order valence-electron chi connectivity index (χ1n) is 17.3. The van der Waals surface area contributed by atoms with Crippen LogP contribution in [0.15, 0.2) is 91.0 Å². The molecular weight excluding hydrogens is 669 g/mol. The van der Waals surface area contributed by atoms with Crippen molar-refractivity contribution in [2.75, 3.05) is 6.61 Å². The number of benzene rings is 3. The topological polar surface area (TPSA) is 116 Å². The van der Waals surface area contributed by atoms with E-state index in [1.165, 1.54) is 20.8 Å². The van der Waals surface area contributed by atoms with Crippen molar-refractivity contribution in [2.24, 2.45) is 0 Å². The van der Waals surface area contributed by atoms with Gasteiger partial charge in [-0.15, -0.1) is 0 Å². The monoisotopic (exact) mass is 720 g/mol. The summed E-state index contributed by atoms with van der Waals surface area (Å²) in [6.45, 7) is 14.3. The van der Waals surface area contributed by atoms with Crippen LogP contribution in [0.5, 0.6) is 0 Å². The summed E-state index contributed by atoms with van der Waals surface area (Å²) in [6.07, 6.45) is -5.98. The quantitative estimate of drug-likeness (QED) is 0.0929. The molecule has 0 bridgehead atoms. The third kappa shape index (κ3) is 10.6.